The van der Waals surface area contributed by atoms with Gasteiger partial charge in [-0.15, -0.1) is 0 Å². The fraction of sp³-hybridized carbons (Fsp3) is 0.143. The zero-order valence-electron chi connectivity index (χ0n) is 11.9. The molecule has 2 rings (SSSR count). The smallest absolute Gasteiger partial charge is 0.270 e. The number of anilines is 1. The number of hydrogen-bond acceptors (Lipinski definition) is 5. The zero-order valence-corrected chi connectivity index (χ0v) is 12.8. The summed E-state index contributed by atoms with van der Waals surface area (Å²) < 4.78 is 32.0. The lowest BCUT2D eigenvalue weighted by Gasteiger charge is -2.10. The number of sulfonamides is 1. The van der Waals surface area contributed by atoms with Crippen LogP contribution in [0.1, 0.15) is 5.56 Å². The summed E-state index contributed by atoms with van der Waals surface area (Å²) in [5, 5.41) is 10.7. The predicted octanol–water partition coefficient (Wildman–Crippen LogP) is 2.71. The highest BCUT2D eigenvalue weighted by Gasteiger charge is 2.18. The van der Waals surface area contributed by atoms with E-state index in [-0.39, 0.29) is 10.6 Å². The van der Waals surface area contributed by atoms with Crippen molar-refractivity contribution in [1.82, 2.24) is 0 Å². The number of ether oxygens (including phenoxy) is 1. The average Bonchev–Trinajstić information content (AvgIpc) is 2.47. The summed E-state index contributed by atoms with van der Waals surface area (Å²) >= 11 is 0. The predicted molar refractivity (Wildman–Crippen MR) is 81.6 cm³/mol. The van der Waals surface area contributed by atoms with Crippen LogP contribution < -0.4 is 9.46 Å². The molecule has 0 fully saturated rings. The Morgan fingerprint density at radius 3 is 2.50 bits per heavy atom. The van der Waals surface area contributed by atoms with Gasteiger partial charge in [-0.05, 0) is 36.8 Å². The Labute approximate surface area is 127 Å². The zero-order chi connectivity index (χ0) is 16.3. The van der Waals surface area contributed by atoms with E-state index in [1.807, 2.05) is 0 Å². The summed E-state index contributed by atoms with van der Waals surface area (Å²) in [4.78, 5) is 9.92. The quantitative estimate of drug-likeness (QED) is 0.674. The van der Waals surface area contributed by atoms with Crippen molar-refractivity contribution in [2.75, 3.05) is 11.8 Å². The summed E-state index contributed by atoms with van der Waals surface area (Å²) in [6.07, 6.45) is 0. The van der Waals surface area contributed by atoms with Crippen molar-refractivity contribution in [2.24, 2.45) is 0 Å². The number of nitro groups is 1. The second-order valence-electron chi connectivity index (χ2n) is 4.54. The van der Waals surface area contributed by atoms with Gasteiger partial charge in [0.1, 0.15) is 5.75 Å². The highest BCUT2D eigenvalue weighted by Crippen LogP contribution is 2.24. The van der Waals surface area contributed by atoms with E-state index in [4.69, 9.17) is 4.74 Å². The van der Waals surface area contributed by atoms with Crippen molar-refractivity contribution in [3.8, 4) is 5.75 Å². The summed E-state index contributed by atoms with van der Waals surface area (Å²) in [5.74, 6) is 0.637. The van der Waals surface area contributed by atoms with Crippen molar-refractivity contribution in [2.45, 2.75) is 11.8 Å². The maximum atomic E-state index is 12.3. The first-order valence-electron chi connectivity index (χ1n) is 6.25. The number of rotatable bonds is 5. The van der Waals surface area contributed by atoms with Gasteiger partial charge in [0.25, 0.3) is 15.7 Å². The van der Waals surface area contributed by atoms with Crippen molar-refractivity contribution in [3.63, 3.8) is 0 Å². The Morgan fingerprint density at radius 1 is 1.18 bits per heavy atom. The Morgan fingerprint density at radius 2 is 1.91 bits per heavy atom. The summed E-state index contributed by atoms with van der Waals surface area (Å²) in [6, 6.07) is 9.68. The van der Waals surface area contributed by atoms with E-state index in [0.717, 1.165) is 11.6 Å². The number of nitrogens with zero attached hydrogens (tertiary/aromatic N) is 1. The molecular weight excluding hydrogens is 308 g/mol. The lowest BCUT2D eigenvalue weighted by molar-refractivity contribution is -0.385. The normalized spacial score (nSPS) is 11.0. The molecule has 0 radical (unpaired) electrons. The Hall–Kier alpha value is -2.61. The van der Waals surface area contributed by atoms with Gasteiger partial charge in [0.05, 0.1) is 16.9 Å². The lowest BCUT2D eigenvalue weighted by atomic mass is 10.2. The number of nitrogens with one attached hydrogen (secondary N) is 1. The van der Waals surface area contributed by atoms with E-state index in [2.05, 4.69) is 4.72 Å². The van der Waals surface area contributed by atoms with Crippen LogP contribution in [0.15, 0.2) is 47.4 Å². The molecule has 0 atom stereocenters. The first-order chi connectivity index (χ1) is 10.3. The third-order valence-corrected chi connectivity index (χ3v) is 4.36. The molecule has 0 aliphatic rings. The number of nitro benzene ring substituents is 1. The molecular formula is C14H14N2O5S. The molecule has 2 aromatic carbocycles. The molecule has 0 amide bonds. The van der Waals surface area contributed by atoms with Crippen molar-refractivity contribution in [3.05, 3.63) is 58.1 Å². The van der Waals surface area contributed by atoms with Gasteiger partial charge in [-0.25, -0.2) is 8.42 Å². The SMILES string of the molecule is COc1ccc(NS(=O)(=O)c2cccc([N+](=O)[O-])c2)cc1C. The van der Waals surface area contributed by atoms with Gasteiger partial charge in [0.2, 0.25) is 0 Å². The molecule has 7 nitrogen and oxygen atoms in total. The Kier molecular flexibility index (Phi) is 4.32. The average molecular weight is 322 g/mol. The lowest BCUT2D eigenvalue weighted by Crippen LogP contribution is -2.13. The molecule has 22 heavy (non-hydrogen) atoms. The second-order valence-corrected chi connectivity index (χ2v) is 6.23. The molecule has 116 valence electrons. The van der Waals surface area contributed by atoms with Gasteiger partial charge in [-0.2, -0.15) is 0 Å². The molecule has 0 heterocycles. The fourth-order valence-electron chi connectivity index (χ4n) is 1.92. The molecule has 0 saturated carbocycles. The molecule has 0 aliphatic carbocycles. The number of non-ortho nitro benzene ring substituents is 1. The standard InChI is InChI=1S/C14H14N2O5S/c1-10-8-11(6-7-14(10)21-2)15-22(19,20)13-5-3-4-12(9-13)16(17)18/h3-9,15H,1-2H3. The highest BCUT2D eigenvalue weighted by molar-refractivity contribution is 7.92. The Balaban J connectivity index is 2.33. The first kappa shape index (κ1) is 15.8. The van der Waals surface area contributed by atoms with Gasteiger partial charge in [-0.3, -0.25) is 14.8 Å². The number of hydrogen-bond donors (Lipinski definition) is 1. The van der Waals surface area contributed by atoms with Crippen LogP contribution in [-0.4, -0.2) is 20.5 Å². The summed E-state index contributed by atoms with van der Waals surface area (Å²) in [5.41, 5.74) is 0.834. The Bertz CT molecular complexity index is 818. The fourth-order valence-corrected chi connectivity index (χ4v) is 3.01. The van der Waals surface area contributed by atoms with Crippen LogP contribution in [-0.2, 0) is 10.0 Å². The molecule has 0 aromatic heterocycles. The van der Waals surface area contributed by atoms with E-state index in [0.29, 0.717) is 11.4 Å². The van der Waals surface area contributed by atoms with Crippen LogP contribution in [0.4, 0.5) is 11.4 Å². The van der Waals surface area contributed by atoms with E-state index in [9.17, 15) is 18.5 Å². The van der Waals surface area contributed by atoms with Crippen molar-refractivity contribution < 1.29 is 18.1 Å². The summed E-state index contributed by atoms with van der Waals surface area (Å²) in [6.45, 7) is 1.78. The van der Waals surface area contributed by atoms with Crippen LogP contribution in [0.2, 0.25) is 0 Å². The largest absolute Gasteiger partial charge is 0.496 e. The first-order valence-corrected chi connectivity index (χ1v) is 7.74. The molecule has 0 unspecified atom stereocenters. The maximum Gasteiger partial charge on any atom is 0.270 e. The third-order valence-electron chi connectivity index (χ3n) is 2.99. The monoisotopic (exact) mass is 322 g/mol. The van der Waals surface area contributed by atoms with Gasteiger partial charge >= 0.3 is 0 Å². The van der Waals surface area contributed by atoms with Gasteiger partial charge < -0.3 is 4.74 Å². The van der Waals surface area contributed by atoms with Crippen molar-refractivity contribution in [1.29, 1.82) is 0 Å². The summed E-state index contributed by atoms with van der Waals surface area (Å²) in [7, 11) is -2.38. The number of aryl methyl sites for hydroxylation is 1. The van der Waals surface area contributed by atoms with E-state index >= 15 is 0 Å². The van der Waals surface area contributed by atoms with Gasteiger partial charge in [0, 0.05) is 17.8 Å². The molecule has 8 heteroatoms. The van der Waals surface area contributed by atoms with Gasteiger partial charge in [0.15, 0.2) is 0 Å². The van der Waals surface area contributed by atoms with E-state index in [1.54, 1.807) is 25.1 Å². The van der Waals surface area contributed by atoms with E-state index in [1.165, 1.54) is 25.3 Å². The number of methoxy groups -OCH3 is 1. The van der Waals surface area contributed by atoms with Crippen LogP contribution in [0.5, 0.6) is 5.75 Å². The minimum Gasteiger partial charge on any atom is -0.496 e. The van der Waals surface area contributed by atoms with Crippen LogP contribution in [0.3, 0.4) is 0 Å². The minimum absolute atomic E-state index is 0.171. The molecule has 0 saturated heterocycles. The topological polar surface area (TPSA) is 98.5 Å². The van der Waals surface area contributed by atoms with Crippen molar-refractivity contribution >= 4 is 21.4 Å². The third kappa shape index (κ3) is 3.34. The van der Waals surface area contributed by atoms with Gasteiger partial charge in [-0.1, -0.05) is 6.07 Å². The molecule has 1 N–H and O–H groups in total. The van der Waals surface area contributed by atoms with Crippen LogP contribution in [0, 0.1) is 17.0 Å². The molecule has 0 spiro atoms. The van der Waals surface area contributed by atoms with Crippen LogP contribution >= 0.6 is 0 Å². The second kappa shape index (κ2) is 6.02. The highest BCUT2D eigenvalue weighted by atomic mass is 32.2. The minimum atomic E-state index is -3.90. The molecule has 0 bridgehead atoms. The molecule has 2 aromatic rings. The number of benzene rings is 2. The maximum absolute atomic E-state index is 12.3. The van der Waals surface area contributed by atoms with Crippen LogP contribution in [0.25, 0.3) is 0 Å². The van der Waals surface area contributed by atoms with E-state index < -0.39 is 14.9 Å². The molecule has 0 aliphatic heterocycles.